The summed E-state index contributed by atoms with van der Waals surface area (Å²) >= 11 is 0. The molecule has 0 saturated carbocycles. The number of hydrogen-bond donors (Lipinski definition) is 2. The molecular weight excluding hydrogens is 230 g/mol. The standard InChI is InChI=1S/C12H21N5O/c1-12(4-7-17(2)8-5-12)11(18)13-6-3-10-9-14-16-15-10/h9H,3-8H2,1-2H3,(H,13,18)(H,14,15,16). The molecule has 0 aromatic carbocycles. The van der Waals surface area contributed by atoms with Crippen LogP contribution in [-0.4, -0.2) is 52.9 Å². The van der Waals surface area contributed by atoms with Crippen molar-refractivity contribution in [3.63, 3.8) is 0 Å². The predicted octanol–water partition coefficient (Wildman–Crippen LogP) is 0.195. The SMILES string of the molecule is CN1CCC(C)(C(=O)NCCc2cn[nH]n2)CC1. The number of H-pyrrole nitrogens is 1. The average molecular weight is 251 g/mol. The summed E-state index contributed by atoms with van der Waals surface area (Å²) in [4.78, 5) is 14.4. The zero-order valence-electron chi connectivity index (χ0n) is 11.1. The maximum absolute atomic E-state index is 12.2. The van der Waals surface area contributed by atoms with E-state index in [0.717, 1.165) is 38.0 Å². The number of aromatic amines is 1. The second-order valence-corrected chi connectivity index (χ2v) is 5.33. The third kappa shape index (κ3) is 3.07. The molecule has 100 valence electrons. The molecule has 2 heterocycles. The number of hydrogen-bond acceptors (Lipinski definition) is 4. The van der Waals surface area contributed by atoms with Gasteiger partial charge in [0.2, 0.25) is 5.91 Å². The maximum Gasteiger partial charge on any atom is 0.226 e. The average Bonchev–Trinajstić information content (AvgIpc) is 2.86. The van der Waals surface area contributed by atoms with Gasteiger partial charge in [0, 0.05) is 18.4 Å². The summed E-state index contributed by atoms with van der Waals surface area (Å²) in [6.07, 6.45) is 4.26. The van der Waals surface area contributed by atoms with Crippen LogP contribution in [0.1, 0.15) is 25.5 Å². The summed E-state index contributed by atoms with van der Waals surface area (Å²) in [6, 6.07) is 0. The van der Waals surface area contributed by atoms with Crippen LogP contribution in [0.5, 0.6) is 0 Å². The van der Waals surface area contributed by atoms with Gasteiger partial charge in [-0.1, -0.05) is 6.92 Å². The molecule has 18 heavy (non-hydrogen) atoms. The van der Waals surface area contributed by atoms with E-state index < -0.39 is 0 Å². The van der Waals surface area contributed by atoms with Crippen molar-refractivity contribution in [2.24, 2.45) is 5.41 Å². The van der Waals surface area contributed by atoms with Crippen molar-refractivity contribution < 1.29 is 4.79 Å². The highest BCUT2D eigenvalue weighted by molar-refractivity contribution is 5.82. The van der Waals surface area contributed by atoms with E-state index in [-0.39, 0.29) is 11.3 Å². The van der Waals surface area contributed by atoms with Gasteiger partial charge in [-0.3, -0.25) is 4.79 Å². The fourth-order valence-electron chi connectivity index (χ4n) is 2.20. The summed E-state index contributed by atoms with van der Waals surface area (Å²) < 4.78 is 0. The van der Waals surface area contributed by atoms with Gasteiger partial charge in [0.05, 0.1) is 11.9 Å². The van der Waals surface area contributed by atoms with Crippen molar-refractivity contribution in [1.82, 2.24) is 25.6 Å². The highest BCUT2D eigenvalue weighted by Crippen LogP contribution is 2.30. The first-order chi connectivity index (χ1) is 8.60. The minimum Gasteiger partial charge on any atom is -0.355 e. The molecule has 2 rings (SSSR count). The Morgan fingerprint density at radius 3 is 2.89 bits per heavy atom. The quantitative estimate of drug-likeness (QED) is 0.801. The van der Waals surface area contributed by atoms with E-state index in [0.29, 0.717) is 6.54 Å². The third-order valence-corrected chi connectivity index (χ3v) is 3.77. The first-order valence-corrected chi connectivity index (χ1v) is 6.42. The molecule has 0 spiro atoms. The smallest absolute Gasteiger partial charge is 0.226 e. The number of aromatic nitrogens is 3. The third-order valence-electron chi connectivity index (χ3n) is 3.77. The number of likely N-dealkylation sites (tertiary alicyclic amines) is 1. The lowest BCUT2D eigenvalue weighted by atomic mass is 9.79. The Balaban J connectivity index is 1.77. The molecule has 0 bridgehead atoms. The molecule has 1 aromatic heterocycles. The first kappa shape index (κ1) is 13.0. The van der Waals surface area contributed by atoms with Crippen LogP contribution in [0.15, 0.2) is 6.20 Å². The molecule has 0 unspecified atom stereocenters. The topological polar surface area (TPSA) is 73.9 Å². The lowest BCUT2D eigenvalue weighted by Crippen LogP contribution is -2.46. The lowest BCUT2D eigenvalue weighted by molar-refractivity contribution is -0.132. The van der Waals surface area contributed by atoms with E-state index in [2.05, 4.69) is 39.6 Å². The minimum atomic E-state index is -0.212. The van der Waals surface area contributed by atoms with Gasteiger partial charge in [-0.05, 0) is 33.0 Å². The molecular formula is C12H21N5O. The Morgan fingerprint density at radius 2 is 2.28 bits per heavy atom. The molecule has 0 radical (unpaired) electrons. The summed E-state index contributed by atoms with van der Waals surface area (Å²) in [7, 11) is 2.10. The zero-order chi connectivity index (χ0) is 13.0. The molecule has 1 aromatic rings. The van der Waals surface area contributed by atoms with Crippen LogP contribution < -0.4 is 5.32 Å². The van der Waals surface area contributed by atoms with Gasteiger partial charge in [0.1, 0.15) is 0 Å². The van der Waals surface area contributed by atoms with Crippen molar-refractivity contribution in [3.05, 3.63) is 11.9 Å². The molecule has 1 saturated heterocycles. The minimum absolute atomic E-state index is 0.166. The second kappa shape index (κ2) is 5.48. The number of nitrogens with one attached hydrogen (secondary N) is 2. The molecule has 1 aliphatic heterocycles. The lowest BCUT2D eigenvalue weighted by Gasteiger charge is -2.36. The Labute approximate surface area is 107 Å². The highest BCUT2D eigenvalue weighted by Gasteiger charge is 2.35. The second-order valence-electron chi connectivity index (χ2n) is 5.33. The van der Waals surface area contributed by atoms with Crippen molar-refractivity contribution in [2.45, 2.75) is 26.2 Å². The first-order valence-electron chi connectivity index (χ1n) is 6.42. The van der Waals surface area contributed by atoms with Crippen LogP contribution >= 0.6 is 0 Å². The molecule has 1 fully saturated rings. The highest BCUT2D eigenvalue weighted by atomic mass is 16.2. The fourth-order valence-corrected chi connectivity index (χ4v) is 2.20. The summed E-state index contributed by atoms with van der Waals surface area (Å²) in [5.74, 6) is 0.166. The number of carbonyl (C=O) groups excluding carboxylic acids is 1. The monoisotopic (exact) mass is 251 g/mol. The maximum atomic E-state index is 12.2. The molecule has 1 aliphatic rings. The number of rotatable bonds is 4. The van der Waals surface area contributed by atoms with Gasteiger partial charge in [-0.25, -0.2) is 0 Å². The van der Waals surface area contributed by atoms with E-state index in [1.165, 1.54) is 0 Å². The molecule has 6 nitrogen and oxygen atoms in total. The molecule has 1 amide bonds. The molecule has 2 N–H and O–H groups in total. The van der Waals surface area contributed by atoms with Crippen molar-refractivity contribution >= 4 is 5.91 Å². The van der Waals surface area contributed by atoms with Gasteiger partial charge in [-0.2, -0.15) is 15.4 Å². The van der Waals surface area contributed by atoms with E-state index in [1.807, 2.05) is 0 Å². The number of carbonyl (C=O) groups is 1. The van der Waals surface area contributed by atoms with Crippen LogP contribution in [0, 0.1) is 5.41 Å². The number of nitrogens with zero attached hydrogens (tertiary/aromatic N) is 3. The van der Waals surface area contributed by atoms with Crippen LogP contribution in [0.3, 0.4) is 0 Å². The number of amides is 1. The molecule has 0 atom stereocenters. The van der Waals surface area contributed by atoms with E-state index in [9.17, 15) is 4.79 Å². The van der Waals surface area contributed by atoms with Crippen LogP contribution in [0.2, 0.25) is 0 Å². The van der Waals surface area contributed by atoms with Gasteiger partial charge in [-0.15, -0.1) is 0 Å². The van der Waals surface area contributed by atoms with Gasteiger partial charge >= 0.3 is 0 Å². The van der Waals surface area contributed by atoms with E-state index in [4.69, 9.17) is 0 Å². The van der Waals surface area contributed by atoms with Gasteiger partial charge < -0.3 is 10.2 Å². The van der Waals surface area contributed by atoms with Crippen molar-refractivity contribution in [1.29, 1.82) is 0 Å². The Morgan fingerprint density at radius 1 is 1.56 bits per heavy atom. The Bertz CT molecular complexity index is 381. The molecule has 0 aliphatic carbocycles. The Kier molecular flexibility index (Phi) is 3.96. The molecule has 6 heteroatoms. The van der Waals surface area contributed by atoms with Crippen LogP contribution in [0.4, 0.5) is 0 Å². The number of piperidine rings is 1. The van der Waals surface area contributed by atoms with Gasteiger partial charge in [0.25, 0.3) is 0 Å². The van der Waals surface area contributed by atoms with E-state index in [1.54, 1.807) is 6.20 Å². The largest absolute Gasteiger partial charge is 0.355 e. The van der Waals surface area contributed by atoms with Crippen LogP contribution in [-0.2, 0) is 11.2 Å². The Hall–Kier alpha value is -1.43. The summed E-state index contributed by atoms with van der Waals surface area (Å²) in [5.41, 5.74) is 0.667. The van der Waals surface area contributed by atoms with Gasteiger partial charge in [0.15, 0.2) is 0 Å². The summed E-state index contributed by atoms with van der Waals surface area (Å²) in [6.45, 7) is 4.67. The van der Waals surface area contributed by atoms with Crippen LogP contribution in [0.25, 0.3) is 0 Å². The zero-order valence-corrected chi connectivity index (χ0v) is 11.1. The predicted molar refractivity (Wildman–Crippen MR) is 67.9 cm³/mol. The fraction of sp³-hybridized carbons (Fsp3) is 0.750. The van der Waals surface area contributed by atoms with E-state index >= 15 is 0 Å². The summed E-state index contributed by atoms with van der Waals surface area (Å²) in [5, 5.41) is 13.3. The van der Waals surface area contributed by atoms with Crippen molar-refractivity contribution in [3.8, 4) is 0 Å². The van der Waals surface area contributed by atoms with Crippen molar-refractivity contribution in [2.75, 3.05) is 26.7 Å². The normalized spacial score (nSPS) is 19.7.